The quantitative estimate of drug-likeness (QED) is 0.815. The van der Waals surface area contributed by atoms with Gasteiger partial charge in [-0.2, -0.15) is 0 Å². The first-order chi connectivity index (χ1) is 9.38. The van der Waals surface area contributed by atoms with Crippen molar-refractivity contribution >= 4 is 33.2 Å². The van der Waals surface area contributed by atoms with Gasteiger partial charge in [0.1, 0.15) is 0 Å². The summed E-state index contributed by atoms with van der Waals surface area (Å²) in [5.41, 5.74) is 7.40. The van der Waals surface area contributed by atoms with Gasteiger partial charge < -0.3 is 11.1 Å². The number of nitrogens with one attached hydrogen (secondary N) is 1. The van der Waals surface area contributed by atoms with Gasteiger partial charge >= 0.3 is 0 Å². The summed E-state index contributed by atoms with van der Waals surface area (Å²) in [6.07, 6.45) is 0. The molecule has 0 bridgehead atoms. The molecule has 20 heavy (non-hydrogen) atoms. The number of hydrogen-bond donors (Lipinski definition) is 2. The topological polar surface area (TPSA) is 55.1 Å². The summed E-state index contributed by atoms with van der Waals surface area (Å²) in [6.45, 7) is 1.71. The zero-order valence-electron chi connectivity index (χ0n) is 10.5. The molecular formula is C14H11BrF2N2O. The Morgan fingerprint density at radius 2 is 1.90 bits per heavy atom. The number of nitrogens with two attached hydrogens (primary N) is 1. The summed E-state index contributed by atoms with van der Waals surface area (Å²) in [6, 6.07) is 6.45. The Bertz CT molecular complexity index is 689. The zero-order valence-corrected chi connectivity index (χ0v) is 12.1. The number of anilines is 2. The van der Waals surface area contributed by atoms with Gasteiger partial charge in [0, 0.05) is 27.5 Å². The summed E-state index contributed by atoms with van der Waals surface area (Å²) in [4.78, 5) is 12.1. The van der Waals surface area contributed by atoms with E-state index in [2.05, 4.69) is 21.2 Å². The monoisotopic (exact) mass is 340 g/mol. The fraction of sp³-hybridized carbons (Fsp3) is 0.0714. The van der Waals surface area contributed by atoms with E-state index in [4.69, 9.17) is 5.73 Å². The van der Waals surface area contributed by atoms with Crippen molar-refractivity contribution in [1.82, 2.24) is 0 Å². The van der Waals surface area contributed by atoms with Gasteiger partial charge in [-0.05, 0) is 36.8 Å². The van der Waals surface area contributed by atoms with Crippen LogP contribution in [-0.2, 0) is 0 Å². The van der Waals surface area contributed by atoms with E-state index in [0.29, 0.717) is 21.3 Å². The summed E-state index contributed by atoms with van der Waals surface area (Å²) in [5.74, 6) is -2.43. The Balaban J connectivity index is 2.30. The van der Waals surface area contributed by atoms with Crippen LogP contribution in [0.15, 0.2) is 34.8 Å². The van der Waals surface area contributed by atoms with E-state index in [9.17, 15) is 13.6 Å². The number of carbonyl (C=O) groups excluding carboxylic acids is 1. The van der Waals surface area contributed by atoms with Crippen molar-refractivity contribution in [2.75, 3.05) is 11.1 Å². The van der Waals surface area contributed by atoms with Crippen molar-refractivity contribution < 1.29 is 13.6 Å². The Kier molecular flexibility index (Phi) is 4.04. The molecule has 0 saturated heterocycles. The van der Waals surface area contributed by atoms with Gasteiger partial charge in [-0.1, -0.05) is 15.9 Å². The van der Waals surface area contributed by atoms with Crippen LogP contribution in [-0.4, -0.2) is 5.91 Å². The second kappa shape index (κ2) is 5.58. The molecule has 2 aromatic rings. The smallest absolute Gasteiger partial charge is 0.256 e. The average molecular weight is 341 g/mol. The van der Waals surface area contributed by atoms with E-state index in [1.54, 1.807) is 19.1 Å². The Labute approximate surface area is 122 Å². The highest BCUT2D eigenvalue weighted by molar-refractivity contribution is 9.10. The number of benzene rings is 2. The standard InChI is InChI=1S/C14H11BrF2N2O/c1-7-10(4-8(15)5-13(7)18)14(20)19-9-2-3-11(16)12(17)6-9/h2-6H,18H2,1H3,(H,19,20). The summed E-state index contributed by atoms with van der Waals surface area (Å²) < 4.78 is 26.6. The minimum atomic E-state index is -1.02. The number of carbonyl (C=O) groups is 1. The number of rotatable bonds is 2. The van der Waals surface area contributed by atoms with Crippen molar-refractivity contribution in [3.05, 3.63) is 57.6 Å². The minimum absolute atomic E-state index is 0.173. The minimum Gasteiger partial charge on any atom is -0.398 e. The normalized spacial score (nSPS) is 10.4. The SMILES string of the molecule is Cc1c(N)cc(Br)cc1C(=O)Nc1ccc(F)c(F)c1. The van der Waals surface area contributed by atoms with Crippen molar-refractivity contribution in [3.8, 4) is 0 Å². The molecule has 0 aliphatic heterocycles. The highest BCUT2D eigenvalue weighted by Gasteiger charge is 2.13. The van der Waals surface area contributed by atoms with E-state index in [1.165, 1.54) is 6.07 Å². The lowest BCUT2D eigenvalue weighted by Gasteiger charge is -2.10. The predicted octanol–water partition coefficient (Wildman–Crippen LogP) is 3.87. The van der Waals surface area contributed by atoms with Crippen LogP contribution in [0, 0.1) is 18.6 Å². The molecule has 0 aliphatic rings. The predicted molar refractivity (Wildman–Crippen MR) is 77.6 cm³/mol. The molecule has 0 fully saturated rings. The van der Waals surface area contributed by atoms with Crippen molar-refractivity contribution in [3.63, 3.8) is 0 Å². The molecule has 0 saturated carbocycles. The maximum atomic E-state index is 13.1. The summed E-state index contributed by atoms with van der Waals surface area (Å²) in [5, 5.41) is 2.50. The maximum absolute atomic E-state index is 13.1. The second-order valence-electron chi connectivity index (χ2n) is 4.25. The third kappa shape index (κ3) is 2.96. The van der Waals surface area contributed by atoms with Crippen LogP contribution in [0.5, 0.6) is 0 Å². The first-order valence-electron chi connectivity index (χ1n) is 5.70. The average Bonchev–Trinajstić information content (AvgIpc) is 2.38. The molecule has 3 nitrogen and oxygen atoms in total. The van der Waals surface area contributed by atoms with Gasteiger partial charge in [-0.3, -0.25) is 4.79 Å². The molecule has 0 aromatic heterocycles. The number of nitrogen functional groups attached to an aromatic ring is 1. The molecule has 0 heterocycles. The van der Waals surface area contributed by atoms with Gasteiger partial charge in [-0.15, -0.1) is 0 Å². The fourth-order valence-electron chi connectivity index (χ4n) is 1.71. The van der Waals surface area contributed by atoms with Crippen LogP contribution in [0.3, 0.4) is 0 Å². The zero-order chi connectivity index (χ0) is 14.9. The molecule has 0 radical (unpaired) electrons. The van der Waals surface area contributed by atoms with E-state index in [1.807, 2.05) is 0 Å². The van der Waals surface area contributed by atoms with Gasteiger partial charge in [0.2, 0.25) is 0 Å². The van der Waals surface area contributed by atoms with Crippen LogP contribution < -0.4 is 11.1 Å². The molecule has 1 amide bonds. The molecule has 0 aliphatic carbocycles. The lowest BCUT2D eigenvalue weighted by molar-refractivity contribution is 0.102. The molecule has 0 unspecified atom stereocenters. The highest BCUT2D eigenvalue weighted by atomic mass is 79.9. The largest absolute Gasteiger partial charge is 0.398 e. The second-order valence-corrected chi connectivity index (χ2v) is 5.17. The van der Waals surface area contributed by atoms with E-state index >= 15 is 0 Å². The van der Waals surface area contributed by atoms with Gasteiger partial charge in [0.05, 0.1) is 0 Å². The first kappa shape index (κ1) is 14.5. The van der Waals surface area contributed by atoms with Crippen LogP contribution >= 0.6 is 15.9 Å². The fourth-order valence-corrected chi connectivity index (χ4v) is 2.18. The summed E-state index contributed by atoms with van der Waals surface area (Å²) in [7, 11) is 0. The lowest BCUT2D eigenvalue weighted by Crippen LogP contribution is -2.14. The van der Waals surface area contributed by atoms with Crippen LogP contribution in [0.2, 0.25) is 0 Å². The van der Waals surface area contributed by atoms with E-state index in [-0.39, 0.29) is 5.69 Å². The van der Waals surface area contributed by atoms with Crippen molar-refractivity contribution in [1.29, 1.82) is 0 Å². The molecule has 0 atom stereocenters. The van der Waals surface area contributed by atoms with Crippen molar-refractivity contribution in [2.24, 2.45) is 0 Å². The van der Waals surface area contributed by atoms with Gasteiger partial charge in [0.25, 0.3) is 5.91 Å². The number of hydrogen-bond acceptors (Lipinski definition) is 2. The number of amides is 1. The Morgan fingerprint density at radius 1 is 1.20 bits per heavy atom. The highest BCUT2D eigenvalue weighted by Crippen LogP contribution is 2.24. The molecule has 104 valence electrons. The van der Waals surface area contributed by atoms with Crippen LogP contribution in [0.1, 0.15) is 15.9 Å². The van der Waals surface area contributed by atoms with Crippen LogP contribution in [0.4, 0.5) is 20.2 Å². The molecule has 2 rings (SSSR count). The number of halogens is 3. The van der Waals surface area contributed by atoms with E-state index in [0.717, 1.165) is 12.1 Å². The molecule has 0 spiro atoms. The van der Waals surface area contributed by atoms with Crippen LogP contribution in [0.25, 0.3) is 0 Å². The third-order valence-electron chi connectivity index (χ3n) is 2.83. The third-order valence-corrected chi connectivity index (χ3v) is 3.29. The Morgan fingerprint density at radius 3 is 2.55 bits per heavy atom. The first-order valence-corrected chi connectivity index (χ1v) is 6.50. The molecular weight excluding hydrogens is 330 g/mol. The maximum Gasteiger partial charge on any atom is 0.256 e. The molecule has 6 heteroatoms. The van der Waals surface area contributed by atoms with E-state index < -0.39 is 17.5 Å². The van der Waals surface area contributed by atoms with Crippen molar-refractivity contribution in [2.45, 2.75) is 6.92 Å². The Hall–Kier alpha value is -1.95. The molecule has 2 aromatic carbocycles. The van der Waals surface area contributed by atoms with Gasteiger partial charge in [0.15, 0.2) is 11.6 Å². The van der Waals surface area contributed by atoms with Gasteiger partial charge in [-0.25, -0.2) is 8.78 Å². The lowest BCUT2D eigenvalue weighted by atomic mass is 10.1. The molecule has 3 N–H and O–H groups in total. The summed E-state index contributed by atoms with van der Waals surface area (Å²) >= 11 is 3.25.